The lowest BCUT2D eigenvalue weighted by molar-refractivity contribution is 0.265. The summed E-state index contributed by atoms with van der Waals surface area (Å²) in [4.78, 5) is 0. The van der Waals surface area contributed by atoms with Crippen LogP contribution < -0.4 is 5.19 Å². The van der Waals surface area contributed by atoms with Crippen molar-refractivity contribution in [1.82, 2.24) is 0 Å². The molecule has 2 nitrogen and oxygen atoms in total. The number of benzene rings is 2. The van der Waals surface area contributed by atoms with Gasteiger partial charge < -0.3 is 8.85 Å². The summed E-state index contributed by atoms with van der Waals surface area (Å²) in [6, 6.07) is 6.86. The van der Waals surface area contributed by atoms with Crippen LogP contribution in [-0.4, -0.2) is 22.8 Å². The van der Waals surface area contributed by atoms with E-state index in [1.165, 1.54) is 26.4 Å². The second-order valence-electron chi connectivity index (χ2n) is 4.78. The zero-order valence-electron chi connectivity index (χ0n) is 12.2. The van der Waals surface area contributed by atoms with Gasteiger partial charge in [-0.25, -0.2) is 17.6 Å². The van der Waals surface area contributed by atoms with Gasteiger partial charge in [0.1, 0.15) is 0 Å². The van der Waals surface area contributed by atoms with Gasteiger partial charge in [0.2, 0.25) is 0 Å². The maximum Gasteiger partial charge on any atom is 0.368 e. The standard InChI is InChI=1S/C15H14F4O2Si/c1-20-22(3,21-2)10-6-4-9(5-7-10)11-8-12(16)14(18)15(19)13(11)17/h4-8H,1-3H3. The van der Waals surface area contributed by atoms with Gasteiger partial charge in [-0.1, -0.05) is 24.3 Å². The van der Waals surface area contributed by atoms with Crippen LogP contribution in [-0.2, 0) is 8.85 Å². The molecule has 0 amide bonds. The molecule has 0 radical (unpaired) electrons. The summed E-state index contributed by atoms with van der Waals surface area (Å²) in [5.74, 6) is -6.51. The van der Waals surface area contributed by atoms with Crippen LogP contribution in [0, 0.1) is 23.3 Å². The second kappa shape index (κ2) is 6.19. The molecule has 0 unspecified atom stereocenters. The molecule has 0 spiro atoms. The van der Waals surface area contributed by atoms with E-state index in [0.29, 0.717) is 6.07 Å². The SMILES string of the molecule is CO[Si](C)(OC)c1ccc(-c2cc(F)c(F)c(F)c2F)cc1. The zero-order chi connectivity index (χ0) is 16.5. The van der Waals surface area contributed by atoms with Crippen LogP contribution in [0.5, 0.6) is 0 Å². The maximum absolute atomic E-state index is 13.8. The van der Waals surface area contributed by atoms with E-state index in [1.54, 1.807) is 12.1 Å². The van der Waals surface area contributed by atoms with E-state index in [1.807, 2.05) is 6.55 Å². The fraction of sp³-hybridized carbons (Fsp3) is 0.200. The van der Waals surface area contributed by atoms with Crippen LogP contribution in [0.2, 0.25) is 6.55 Å². The first-order valence-corrected chi connectivity index (χ1v) is 8.70. The van der Waals surface area contributed by atoms with Crippen LogP contribution in [0.4, 0.5) is 17.6 Å². The summed E-state index contributed by atoms with van der Waals surface area (Å²) in [7, 11) is 0.500. The van der Waals surface area contributed by atoms with Crippen molar-refractivity contribution in [3.8, 4) is 11.1 Å². The van der Waals surface area contributed by atoms with E-state index in [9.17, 15) is 17.6 Å². The summed E-state index contributed by atoms with van der Waals surface area (Å²) in [6.45, 7) is 1.82. The lowest BCUT2D eigenvalue weighted by Gasteiger charge is -2.23. The molecule has 22 heavy (non-hydrogen) atoms. The Labute approximate surface area is 126 Å². The smallest absolute Gasteiger partial charge is 0.368 e. The normalized spacial score (nSPS) is 11.8. The van der Waals surface area contributed by atoms with Crippen LogP contribution in [0.1, 0.15) is 0 Å². The molecule has 0 fully saturated rings. The second-order valence-corrected chi connectivity index (χ2v) is 8.06. The van der Waals surface area contributed by atoms with E-state index < -0.39 is 31.8 Å². The number of hydrogen-bond donors (Lipinski definition) is 0. The van der Waals surface area contributed by atoms with Crippen molar-refractivity contribution in [1.29, 1.82) is 0 Å². The molecule has 2 aromatic rings. The highest BCUT2D eigenvalue weighted by Gasteiger charge is 2.31. The molecule has 0 atom stereocenters. The van der Waals surface area contributed by atoms with E-state index in [0.717, 1.165) is 5.19 Å². The third-order valence-electron chi connectivity index (χ3n) is 3.60. The van der Waals surface area contributed by atoms with Gasteiger partial charge in [0.25, 0.3) is 0 Å². The van der Waals surface area contributed by atoms with Gasteiger partial charge in [-0.15, -0.1) is 0 Å². The average Bonchev–Trinajstić information content (AvgIpc) is 2.55. The Balaban J connectivity index is 2.48. The average molecular weight is 330 g/mol. The fourth-order valence-corrected chi connectivity index (χ4v) is 3.46. The van der Waals surface area contributed by atoms with Crippen molar-refractivity contribution in [3.05, 3.63) is 53.6 Å². The van der Waals surface area contributed by atoms with Crippen molar-refractivity contribution in [2.75, 3.05) is 14.2 Å². The van der Waals surface area contributed by atoms with Crippen molar-refractivity contribution in [3.63, 3.8) is 0 Å². The Morgan fingerprint density at radius 2 is 1.36 bits per heavy atom. The van der Waals surface area contributed by atoms with Gasteiger partial charge in [-0.05, 0) is 23.4 Å². The first-order chi connectivity index (χ1) is 10.3. The molecule has 0 N–H and O–H groups in total. The minimum absolute atomic E-state index is 0.225. The summed E-state index contributed by atoms with van der Waals surface area (Å²) >= 11 is 0. The lowest BCUT2D eigenvalue weighted by atomic mass is 10.0. The number of hydrogen-bond acceptors (Lipinski definition) is 2. The van der Waals surface area contributed by atoms with Gasteiger partial charge in [0, 0.05) is 19.8 Å². The molecule has 0 saturated heterocycles. The van der Waals surface area contributed by atoms with Crippen LogP contribution >= 0.6 is 0 Å². The van der Waals surface area contributed by atoms with Crippen molar-refractivity contribution >= 4 is 13.7 Å². The van der Waals surface area contributed by atoms with Crippen molar-refractivity contribution < 1.29 is 26.4 Å². The van der Waals surface area contributed by atoms with Crippen molar-refractivity contribution in [2.45, 2.75) is 6.55 Å². The van der Waals surface area contributed by atoms with E-state index in [-0.39, 0.29) is 11.1 Å². The molecule has 2 aromatic carbocycles. The number of rotatable bonds is 4. The highest BCUT2D eigenvalue weighted by Crippen LogP contribution is 2.27. The first kappa shape index (κ1) is 16.7. The highest BCUT2D eigenvalue weighted by atomic mass is 28.4. The summed E-state index contributed by atoms with van der Waals surface area (Å²) < 4.78 is 64.1. The van der Waals surface area contributed by atoms with Gasteiger partial charge in [0.05, 0.1) is 0 Å². The zero-order valence-corrected chi connectivity index (χ0v) is 13.2. The van der Waals surface area contributed by atoms with Crippen LogP contribution in [0.3, 0.4) is 0 Å². The predicted molar refractivity (Wildman–Crippen MR) is 77.0 cm³/mol. The molecule has 0 aliphatic carbocycles. The molecule has 0 aromatic heterocycles. The van der Waals surface area contributed by atoms with Crippen LogP contribution in [0.25, 0.3) is 11.1 Å². The first-order valence-electron chi connectivity index (χ1n) is 6.38. The fourth-order valence-electron chi connectivity index (χ4n) is 2.05. The third-order valence-corrected chi connectivity index (χ3v) is 6.54. The Morgan fingerprint density at radius 3 is 1.86 bits per heavy atom. The van der Waals surface area contributed by atoms with Gasteiger partial charge in [0.15, 0.2) is 23.3 Å². The Bertz CT molecular complexity index is 685. The molecule has 7 heteroatoms. The molecule has 0 bridgehead atoms. The van der Waals surface area contributed by atoms with E-state index in [2.05, 4.69) is 0 Å². The molecule has 0 saturated carbocycles. The quantitative estimate of drug-likeness (QED) is 0.370. The monoisotopic (exact) mass is 330 g/mol. The van der Waals surface area contributed by atoms with E-state index in [4.69, 9.17) is 8.85 Å². The molecular formula is C15H14F4O2Si. The molecule has 0 heterocycles. The van der Waals surface area contributed by atoms with Crippen molar-refractivity contribution in [2.24, 2.45) is 0 Å². The maximum atomic E-state index is 13.8. The predicted octanol–water partition coefficient (Wildman–Crippen LogP) is 3.48. The molecule has 0 aliphatic rings. The largest absolute Gasteiger partial charge is 0.394 e. The molecule has 118 valence electrons. The lowest BCUT2D eigenvalue weighted by Crippen LogP contribution is -2.49. The Morgan fingerprint density at radius 1 is 0.818 bits per heavy atom. The Kier molecular flexibility index (Phi) is 4.69. The Hall–Kier alpha value is -1.70. The van der Waals surface area contributed by atoms with Crippen LogP contribution in [0.15, 0.2) is 30.3 Å². The summed E-state index contributed by atoms with van der Waals surface area (Å²) in [5, 5.41) is 0.768. The third kappa shape index (κ3) is 2.79. The van der Waals surface area contributed by atoms with Gasteiger partial charge in [-0.2, -0.15) is 0 Å². The van der Waals surface area contributed by atoms with Gasteiger partial charge in [-0.3, -0.25) is 0 Å². The molecule has 2 rings (SSSR count). The van der Waals surface area contributed by atoms with Gasteiger partial charge >= 0.3 is 8.56 Å². The summed E-state index contributed by atoms with van der Waals surface area (Å²) in [5.41, 5.74) is -0.122. The summed E-state index contributed by atoms with van der Waals surface area (Å²) in [6.07, 6.45) is 0. The van der Waals surface area contributed by atoms with E-state index >= 15 is 0 Å². The number of halogens is 4. The topological polar surface area (TPSA) is 18.5 Å². The molecule has 0 aliphatic heterocycles. The minimum atomic E-state index is -2.54. The highest BCUT2D eigenvalue weighted by molar-refractivity contribution is 6.79. The minimum Gasteiger partial charge on any atom is -0.394 e. The molecular weight excluding hydrogens is 316 g/mol.